The van der Waals surface area contributed by atoms with E-state index < -0.39 is 34.4 Å². The largest absolute Gasteiger partial charge is 0.444 e. The Morgan fingerprint density at radius 1 is 0.704 bits per heavy atom. The van der Waals surface area contributed by atoms with Crippen molar-refractivity contribution in [2.75, 3.05) is 50.9 Å². The highest BCUT2D eigenvalue weighted by Gasteiger charge is 2.39. The van der Waals surface area contributed by atoms with Gasteiger partial charge in [0.1, 0.15) is 17.7 Å². The van der Waals surface area contributed by atoms with Crippen LogP contribution in [0, 0.1) is 0 Å². The van der Waals surface area contributed by atoms with Gasteiger partial charge in [-0.15, -0.1) is 11.8 Å². The van der Waals surface area contributed by atoms with Gasteiger partial charge in [0, 0.05) is 43.4 Å². The quantitative estimate of drug-likeness (QED) is 0.105. The van der Waals surface area contributed by atoms with E-state index in [2.05, 4.69) is 57.2 Å². The number of morpholine rings is 1. The van der Waals surface area contributed by atoms with E-state index in [4.69, 9.17) is 9.47 Å². The summed E-state index contributed by atoms with van der Waals surface area (Å²) >= 11 is 3.12. The Bertz CT molecular complexity index is 1640. The van der Waals surface area contributed by atoms with E-state index in [9.17, 15) is 14.4 Å². The molecule has 1 aliphatic heterocycles. The molecule has 3 N–H and O–H groups in total. The third kappa shape index (κ3) is 12.1. The van der Waals surface area contributed by atoms with Crippen molar-refractivity contribution in [3.05, 3.63) is 144 Å². The molecular weight excluding hydrogens is 717 g/mol. The number of thioether (sulfide) groups is 2. The number of rotatable bonds is 17. The molecule has 1 heterocycles. The van der Waals surface area contributed by atoms with Gasteiger partial charge in [-0.2, -0.15) is 11.8 Å². The Morgan fingerprint density at radius 2 is 1.20 bits per heavy atom. The fourth-order valence-corrected chi connectivity index (χ4v) is 8.79. The van der Waals surface area contributed by atoms with Crippen molar-refractivity contribution in [1.82, 2.24) is 20.9 Å². The van der Waals surface area contributed by atoms with Crippen LogP contribution in [0.1, 0.15) is 43.0 Å². The predicted octanol–water partition coefficient (Wildman–Crippen LogP) is 6.47. The first-order chi connectivity index (χ1) is 26.1. The number of nitrogens with one attached hydrogen (secondary N) is 3. The van der Waals surface area contributed by atoms with Gasteiger partial charge in [0.15, 0.2) is 0 Å². The highest BCUT2D eigenvalue weighted by Crippen LogP contribution is 2.48. The van der Waals surface area contributed by atoms with Crippen LogP contribution in [-0.4, -0.2) is 91.4 Å². The first-order valence-electron chi connectivity index (χ1n) is 18.4. The molecule has 11 heteroatoms. The molecule has 2 atom stereocenters. The molecule has 0 radical (unpaired) electrons. The van der Waals surface area contributed by atoms with Crippen molar-refractivity contribution in [3.8, 4) is 0 Å². The SMILES string of the molecule is CC(C)(C)OC(=O)N[C@@H](CSC(c1ccccc1)(c1ccccc1)c1ccccc1)C(=O)N[C@@H](CSCc1ccccc1)C(=O)NCCN1CCOCC1. The Hall–Kier alpha value is -4.29. The summed E-state index contributed by atoms with van der Waals surface area (Å²) in [5.74, 6) is 0.459. The Kier molecular flexibility index (Phi) is 15.5. The van der Waals surface area contributed by atoms with Crippen molar-refractivity contribution in [3.63, 3.8) is 0 Å². The number of carbonyl (C=O) groups is 3. The summed E-state index contributed by atoms with van der Waals surface area (Å²) in [6.45, 7) is 9.45. The molecule has 0 aromatic heterocycles. The third-order valence-corrected chi connectivity index (χ3v) is 11.6. The van der Waals surface area contributed by atoms with Gasteiger partial charge >= 0.3 is 6.09 Å². The first kappa shape index (κ1) is 40.9. The number of carbonyl (C=O) groups excluding carboxylic acids is 3. The van der Waals surface area contributed by atoms with E-state index in [1.807, 2.05) is 84.9 Å². The van der Waals surface area contributed by atoms with Crippen LogP contribution in [0.3, 0.4) is 0 Å². The summed E-state index contributed by atoms with van der Waals surface area (Å²) in [7, 11) is 0. The molecule has 0 bridgehead atoms. The molecule has 4 aromatic rings. The van der Waals surface area contributed by atoms with Gasteiger partial charge in [-0.25, -0.2) is 4.79 Å². The van der Waals surface area contributed by atoms with E-state index in [0.717, 1.165) is 35.3 Å². The van der Waals surface area contributed by atoms with Gasteiger partial charge in [0.05, 0.1) is 18.0 Å². The van der Waals surface area contributed by atoms with E-state index in [-0.39, 0.29) is 11.7 Å². The maximum atomic E-state index is 14.4. The second-order valence-electron chi connectivity index (χ2n) is 14.1. The fourth-order valence-electron chi connectivity index (χ4n) is 6.22. The summed E-state index contributed by atoms with van der Waals surface area (Å²) in [6, 6.07) is 38.7. The minimum atomic E-state index is -1.04. The summed E-state index contributed by atoms with van der Waals surface area (Å²) in [5.41, 5.74) is 3.42. The molecule has 0 spiro atoms. The molecule has 4 aromatic carbocycles. The molecule has 286 valence electrons. The summed E-state index contributed by atoms with van der Waals surface area (Å²) in [5, 5.41) is 8.94. The van der Waals surface area contributed by atoms with Gasteiger partial charge in [0.2, 0.25) is 11.8 Å². The van der Waals surface area contributed by atoms with Crippen molar-refractivity contribution < 1.29 is 23.9 Å². The lowest BCUT2D eigenvalue weighted by molar-refractivity contribution is -0.129. The highest BCUT2D eigenvalue weighted by molar-refractivity contribution is 8.00. The van der Waals surface area contributed by atoms with E-state index in [1.54, 1.807) is 44.3 Å². The Morgan fingerprint density at radius 3 is 1.72 bits per heavy atom. The molecule has 0 aliphatic carbocycles. The molecule has 5 rings (SSSR count). The van der Waals surface area contributed by atoms with Crippen molar-refractivity contribution in [1.29, 1.82) is 0 Å². The molecule has 1 fully saturated rings. The van der Waals surface area contributed by atoms with Gasteiger partial charge in [-0.05, 0) is 43.0 Å². The fraction of sp³-hybridized carbons (Fsp3) is 0.372. The average molecular weight is 769 g/mol. The summed E-state index contributed by atoms with van der Waals surface area (Å²) in [4.78, 5) is 43.8. The number of hydrogen-bond donors (Lipinski definition) is 3. The van der Waals surface area contributed by atoms with Crippen LogP contribution in [-0.2, 0) is 29.6 Å². The minimum Gasteiger partial charge on any atom is -0.444 e. The van der Waals surface area contributed by atoms with Crippen LogP contribution >= 0.6 is 23.5 Å². The maximum absolute atomic E-state index is 14.4. The summed E-state index contributed by atoms with van der Waals surface area (Å²) < 4.78 is 10.4. The van der Waals surface area contributed by atoms with Crippen molar-refractivity contribution in [2.45, 2.75) is 49.0 Å². The number of ether oxygens (including phenoxy) is 2. The maximum Gasteiger partial charge on any atom is 0.408 e. The second kappa shape index (κ2) is 20.4. The van der Waals surface area contributed by atoms with E-state index >= 15 is 0 Å². The average Bonchev–Trinajstić information content (AvgIpc) is 3.18. The lowest BCUT2D eigenvalue weighted by atomic mass is 9.84. The Balaban J connectivity index is 1.41. The third-order valence-electron chi connectivity index (χ3n) is 8.87. The number of hydrogen-bond acceptors (Lipinski definition) is 8. The lowest BCUT2D eigenvalue weighted by Crippen LogP contribution is -2.56. The van der Waals surface area contributed by atoms with Crippen LogP contribution in [0.4, 0.5) is 4.79 Å². The standard InChI is InChI=1S/C43H52N4O5S2/c1-42(2,3)52-41(50)46-38(32-54-43(34-18-10-5-11-19-34,35-20-12-6-13-21-35)36-22-14-7-15-23-36)40(49)45-37(31-53-30-33-16-8-4-9-17-33)39(48)44-24-25-47-26-28-51-29-27-47/h4-23,37-38H,24-32H2,1-3H3,(H,44,48)(H,45,49)(H,46,50)/t37-,38-/m0/s1. The van der Waals surface area contributed by atoms with Crippen LogP contribution in [0.15, 0.2) is 121 Å². The Labute approximate surface area is 328 Å². The number of alkyl carbamates (subject to hydrolysis) is 1. The zero-order chi connectivity index (χ0) is 38.2. The van der Waals surface area contributed by atoms with Crippen LogP contribution in [0.2, 0.25) is 0 Å². The van der Waals surface area contributed by atoms with Crippen LogP contribution in [0.25, 0.3) is 0 Å². The smallest absolute Gasteiger partial charge is 0.408 e. The van der Waals surface area contributed by atoms with Crippen molar-refractivity contribution >= 4 is 41.4 Å². The number of amides is 3. The summed E-state index contributed by atoms with van der Waals surface area (Å²) in [6.07, 6.45) is -0.710. The molecule has 3 amide bonds. The van der Waals surface area contributed by atoms with Crippen molar-refractivity contribution in [2.24, 2.45) is 0 Å². The van der Waals surface area contributed by atoms with Crippen LogP contribution in [0.5, 0.6) is 0 Å². The number of nitrogens with zero attached hydrogens (tertiary/aromatic N) is 1. The van der Waals surface area contributed by atoms with Crippen LogP contribution < -0.4 is 16.0 Å². The molecule has 1 saturated heterocycles. The minimum absolute atomic E-state index is 0.173. The number of benzene rings is 4. The second-order valence-corrected chi connectivity index (χ2v) is 16.4. The van der Waals surface area contributed by atoms with E-state index in [1.165, 1.54) is 0 Å². The van der Waals surface area contributed by atoms with Gasteiger partial charge < -0.3 is 25.4 Å². The highest BCUT2D eigenvalue weighted by atomic mass is 32.2. The topological polar surface area (TPSA) is 109 Å². The molecule has 9 nitrogen and oxygen atoms in total. The first-order valence-corrected chi connectivity index (χ1v) is 20.6. The molecular formula is C43H52N4O5S2. The van der Waals surface area contributed by atoms with E-state index in [0.29, 0.717) is 37.8 Å². The predicted molar refractivity (Wildman–Crippen MR) is 220 cm³/mol. The molecule has 1 aliphatic rings. The molecule has 0 unspecified atom stereocenters. The van der Waals surface area contributed by atoms with Gasteiger partial charge in [-0.1, -0.05) is 121 Å². The van der Waals surface area contributed by atoms with Gasteiger partial charge in [0.25, 0.3) is 0 Å². The zero-order valence-electron chi connectivity index (χ0n) is 31.4. The van der Waals surface area contributed by atoms with Gasteiger partial charge in [-0.3, -0.25) is 14.5 Å². The monoisotopic (exact) mass is 768 g/mol. The molecule has 0 saturated carbocycles. The lowest BCUT2D eigenvalue weighted by Gasteiger charge is -2.36. The normalized spacial score (nSPS) is 14.7. The zero-order valence-corrected chi connectivity index (χ0v) is 33.0. The molecule has 54 heavy (non-hydrogen) atoms.